The minimum Gasteiger partial charge on any atom is -0.404 e. The van der Waals surface area contributed by atoms with Crippen molar-refractivity contribution in [2.75, 3.05) is 13.2 Å². The number of thiocarbonyl (C=S) groups is 1. The van der Waals surface area contributed by atoms with E-state index < -0.39 is 7.82 Å². The number of benzene rings is 1. The second kappa shape index (κ2) is 5.54. The molecule has 5 nitrogen and oxygen atoms in total. The average molecular weight is 271 g/mol. The maximum absolute atomic E-state index is 11.9. The van der Waals surface area contributed by atoms with Crippen molar-refractivity contribution in [1.82, 2.24) is 0 Å². The van der Waals surface area contributed by atoms with Crippen LogP contribution in [0.3, 0.4) is 0 Å². The minimum atomic E-state index is -3.43. The van der Waals surface area contributed by atoms with Crippen molar-refractivity contribution in [3.05, 3.63) is 24.3 Å². The zero-order valence-corrected chi connectivity index (χ0v) is 10.6. The number of rotatable bonds is 3. The summed E-state index contributed by atoms with van der Waals surface area (Å²) in [6, 6.07) is 6.58. The molecule has 1 aromatic rings. The molecule has 0 saturated carbocycles. The summed E-state index contributed by atoms with van der Waals surface area (Å²) in [6.07, 6.45) is 0.718. The van der Waals surface area contributed by atoms with Gasteiger partial charge < -0.3 is 4.52 Å². The average Bonchev–Trinajstić information content (AvgIpc) is 2.33. The van der Waals surface area contributed by atoms with E-state index in [0.29, 0.717) is 24.7 Å². The molecule has 0 N–H and O–H groups in total. The van der Waals surface area contributed by atoms with Crippen LogP contribution in [0.1, 0.15) is 6.42 Å². The highest BCUT2D eigenvalue weighted by molar-refractivity contribution is 7.78. The summed E-state index contributed by atoms with van der Waals surface area (Å²) in [5.74, 6) is 0.401. The van der Waals surface area contributed by atoms with Crippen LogP contribution in [-0.4, -0.2) is 18.4 Å². The van der Waals surface area contributed by atoms with Gasteiger partial charge >= 0.3 is 7.82 Å². The van der Waals surface area contributed by atoms with Gasteiger partial charge in [0.25, 0.3) is 0 Å². The first-order chi connectivity index (χ1) is 8.22. The van der Waals surface area contributed by atoms with E-state index in [1.807, 2.05) is 0 Å². The molecule has 1 saturated heterocycles. The summed E-state index contributed by atoms with van der Waals surface area (Å²) in [4.78, 5) is 3.79. The lowest BCUT2D eigenvalue weighted by molar-refractivity contribution is 0.107. The summed E-state index contributed by atoms with van der Waals surface area (Å²) in [6.45, 7) is 0.759. The van der Waals surface area contributed by atoms with E-state index in [9.17, 15) is 4.57 Å². The molecule has 1 aliphatic rings. The third kappa shape index (κ3) is 3.46. The Morgan fingerprint density at radius 1 is 1.29 bits per heavy atom. The second-order valence-electron chi connectivity index (χ2n) is 3.26. The first kappa shape index (κ1) is 12.4. The standard InChI is InChI=1S/C10H10NO4PS/c12-16(13-6-1-7-14-16)15-10-4-2-9(3-5-10)11-8-17/h2-5H,1,6-7H2. The van der Waals surface area contributed by atoms with Crippen LogP contribution in [0.15, 0.2) is 29.3 Å². The zero-order chi connectivity index (χ0) is 12.1. The Kier molecular flexibility index (Phi) is 4.05. The van der Waals surface area contributed by atoms with Gasteiger partial charge in [0, 0.05) is 0 Å². The number of aliphatic imine (C=N–C) groups is 1. The Balaban J connectivity index is 2.07. The molecule has 1 aromatic carbocycles. The highest BCUT2D eigenvalue weighted by Gasteiger charge is 2.31. The van der Waals surface area contributed by atoms with Crippen LogP contribution in [0.4, 0.5) is 5.69 Å². The first-order valence-electron chi connectivity index (χ1n) is 4.98. The van der Waals surface area contributed by atoms with E-state index in [1.54, 1.807) is 24.3 Å². The maximum atomic E-state index is 11.9. The Bertz CT molecular complexity index is 474. The van der Waals surface area contributed by atoms with Crippen LogP contribution in [0.5, 0.6) is 5.75 Å². The van der Waals surface area contributed by atoms with Crippen LogP contribution >= 0.6 is 20.0 Å². The number of phosphoric acid groups is 1. The SMILES string of the molecule is O=P1(Oc2ccc(N=C=S)cc2)OCCCO1. The summed E-state index contributed by atoms with van der Waals surface area (Å²) in [5.41, 5.74) is 0.649. The topological polar surface area (TPSA) is 57.1 Å². The molecule has 0 unspecified atom stereocenters. The predicted molar refractivity (Wildman–Crippen MR) is 65.9 cm³/mol. The molecule has 1 aliphatic heterocycles. The lowest BCUT2D eigenvalue weighted by Crippen LogP contribution is -2.11. The van der Waals surface area contributed by atoms with Crippen molar-refractivity contribution >= 4 is 30.9 Å². The second-order valence-corrected chi connectivity index (χ2v) is 5.03. The Morgan fingerprint density at radius 2 is 1.94 bits per heavy atom. The van der Waals surface area contributed by atoms with Crippen molar-refractivity contribution < 1.29 is 18.1 Å². The van der Waals surface area contributed by atoms with E-state index in [0.717, 1.165) is 6.42 Å². The Morgan fingerprint density at radius 3 is 2.53 bits per heavy atom. The Hall–Kier alpha value is -1.03. The highest BCUT2D eigenvalue weighted by Crippen LogP contribution is 2.51. The smallest absolute Gasteiger partial charge is 0.404 e. The lowest BCUT2D eigenvalue weighted by atomic mass is 10.3. The largest absolute Gasteiger partial charge is 0.530 e. The van der Waals surface area contributed by atoms with E-state index in [-0.39, 0.29) is 0 Å². The van der Waals surface area contributed by atoms with E-state index in [1.165, 1.54) is 0 Å². The van der Waals surface area contributed by atoms with Gasteiger partial charge in [0.05, 0.1) is 24.1 Å². The number of isothiocyanates is 1. The number of nitrogens with zero attached hydrogens (tertiary/aromatic N) is 1. The van der Waals surface area contributed by atoms with Gasteiger partial charge in [-0.3, -0.25) is 9.05 Å². The van der Waals surface area contributed by atoms with Crippen molar-refractivity contribution in [1.29, 1.82) is 0 Å². The van der Waals surface area contributed by atoms with Gasteiger partial charge in [0.2, 0.25) is 0 Å². The summed E-state index contributed by atoms with van der Waals surface area (Å²) < 4.78 is 27.1. The van der Waals surface area contributed by atoms with Crippen molar-refractivity contribution in [3.8, 4) is 5.75 Å². The van der Waals surface area contributed by atoms with E-state index in [4.69, 9.17) is 13.6 Å². The highest BCUT2D eigenvalue weighted by atomic mass is 32.1. The molecule has 0 bridgehead atoms. The predicted octanol–water partition coefficient (Wildman–Crippen LogP) is 3.34. The van der Waals surface area contributed by atoms with Gasteiger partial charge in [-0.1, -0.05) is 0 Å². The molecule has 0 spiro atoms. The molecule has 2 rings (SSSR count). The molecule has 0 aromatic heterocycles. The maximum Gasteiger partial charge on any atom is 0.530 e. The van der Waals surface area contributed by atoms with Crippen molar-refractivity contribution in [2.24, 2.45) is 4.99 Å². The van der Waals surface area contributed by atoms with Gasteiger partial charge in [0.15, 0.2) is 0 Å². The van der Waals surface area contributed by atoms with Crippen molar-refractivity contribution in [2.45, 2.75) is 6.42 Å². The molecule has 17 heavy (non-hydrogen) atoms. The monoisotopic (exact) mass is 271 g/mol. The normalized spacial score (nSPS) is 18.1. The minimum absolute atomic E-state index is 0.380. The van der Waals surface area contributed by atoms with Gasteiger partial charge in [0.1, 0.15) is 5.75 Å². The van der Waals surface area contributed by atoms with Crippen LogP contribution in [0, 0.1) is 0 Å². The molecule has 1 fully saturated rings. The van der Waals surface area contributed by atoms with E-state index >= 15 is 0 Å². The lowest BCUT2D eigenvalue weighted by Gasteiger charge is -2.22. The molecule has 0 aliphatic carbocycles. The fourth-order valence-electron chi connectivity index (χ4n) is 1.26. The van der Waals surface area contributed by atoms with Gasteiger partial charge in [-0.15, -0.1) is 0 Å². The van der Waals surface area contributed by atoms with E-state index in [2.05, 4.69) is 22.4 Å². The van der Waals surface area contributed by atoms with Gasteiger partial charge in [-0.2, -0.15) is 4.99 Å². The fraction of sp³-hybridized carbons (Fsp3) is 0.300. The molecule has 1 heterocycles. The van der Waals surface area contributed by atoms with Crippen LogP contribution in [-0.2, 0) is 13.6 Å². The molecule has 90 valence electrons. The molecule has 0 amide bonds. The molecular formula is C10H10NO4PS. The summed E-state index contributed by atoms with van der Waals surface area (Å²) in [5, 5.41) is 2.26. The third-order valence-electron chi connectivity index (χ3n) is 2.02. The quantitative estimate of drug-likeness (QED) is 0.479. The van der Waals surface area contributed by atoms with Crippen LogP contribution < -0.4 is 4.52 Å². The number of hydrogen-bond acceptors (Lipinski definition) is 6. The van der Waals surface area contributed by atoms with Gasteiger partial charge in [-0.25, -0.2) is 4.57 Å². The van der Waals surface area contributed by atoms with Crippen LogP contribution in [0.2, 0.25) is 0 Å². The van der Waals surface area contributed by atoms with Crippen molar-refractivity contribution in [3.63, 3.8) is 0 Å². The number of hydrogen-bond donors (Lipinski definition) is 0. The molecule has 7 heteroatoms. The Labute approximate surface area is 104 Å². The molecule has 0 atom stereocenters. The van der Waals surface area contributed by atoms with Crippen LogP contribution in [0.25, 0.3) is 0 Å². The summed E-state index contributed by atoms with van der Waals surface area (Å²) >= 11 is 4.48. The molecular weight excluding hydrogens is 261 g/mol. The molecule has 0 radical (unpaired) electrons. The van der Waals surface area contributed by atoms with Gasteiger partial charge in [-0.05, 0) is 42.9 Å². The first-order valence-corrected chi connectivity index (χ1v) is 6.85. The third-order valence-corrected chi connectivity index (χ3v) is 3.54. The fourth-order valence-corrected chi connectivity index (χ4v) is 2.64. The summed E-state index contributed by atoms with van der Waals surface area (Å²) in [7, 11) is -3.43. The zero-order valence-electron chi connectivity index (χ0n) is 8.87. The number of phosphoric ester groups is 1.